The predicted octanol–water partition coefficient (Wildman–Crippen LogP) is 5.54. The fourth-order valence-corrected chi connectivity index (χ4v) is 2.45. The van der Waals surface area contributed by atoms with Crippen LogP contribution in [0.2, 0.25) is 5.02 Å². The Hall–Kier alpha value is -2.15. The molecule has 0 radical (unpaired) electrons. The number of H-pyrrole nitrogens is 1. The highest BCUT2D eigenvalue weighted by atomic mass is 35.5. The summed E-state index contributed by atoms with van der Waals surface area (Å²) in [6, 6.07) is 5.83. The van der Waals surface area contributed by atoms with E-state index in [4.69, 9.17) is 11.6 Å². The van der Waals surface area contributed by atoms with Crippen molar-refractivity contribution in [2.24, 2.45) is 0 Å². The van der Waals surface area contributed by atoms with Crippen LogP contribution in [-0.2, 0) is 5.92 Å². The lowest BCUT2D eigenvalue weighted by molar-refractivity contribution is -0.289. The van der Waals surface area contributed by atoms with Crippen LogP contribution >= 0.6 is 11.6 Å². The molecule has 0 amide bonds. The van der Waals surface area contributed by atoms with Gasteiger partial charge < -0.3 is 4.98 Å². The molecule has 0 fully saturated rings. The predicted molar refractivity (Wildman–Crippen MR) is 76.5 cm³/mol. The standard InChI is InChI=1S/C15H8ClF5N2/c16-11-7-22-4-3-10(11)13-6-8-5-9(1-2-12(8)23-13)14(17,18)15(19,20)21/h1-7,23H. The second-order valence-corrected chi connectivity index (χ2v) is 5.32. The quantitative estimate of drug-likeness (QED) is 0.607. The van der Waals surface area contributed by atoms with E-state index in [9.17, 15) is 22.0 Å². The normalized spacial score (nSPS) is 12.8. The third-order valence-electron chi connectivity index (χ3n) is 3.40. The van der Waals surface area contributed by atoms with Crippen LogP contribution in [0.25, 0.3) is 22.2 Å². The number of alkyl halides is 5. The molecule has 0 unspecified atom stereocenters. The van der Waals surface area contributed by atoms with Gasteiger partial charge in [-0.25, -0.2) is 0 Å². The maximum atomic E-state index is 13.4. The van der Waals surface area contributed by atoms with Crippen molar-refractivity contribution in [1.29, 1.82) is 0 Å². The molecule has 0 aliphatic heterocycles. The second-order valence-electron chi connectivity index (χ2n) is 4.91. The number of aromatic amines is 1. The molecule has 8 heteroatoms. The number of benzene rings is 1. The third-order valence-corrected chi connectivity index (χ3v) is 3.70. The van der Waals surface area contributed by atoms with Gasteiger partial charge in [0.15, 0.2) is 0 Å². The summed E-state index contributed by atoms with van der Waals surface area (Å²) in [5.74, 6) is -4.91. The fraction of sp³-hybridized carbons (Fsp3) is 0.133. The van der Waals surface area contributed by atoms with E-state index >= 15 is 0 Å². The fourth-order valence-electron chi connectivity index (χ4n) is 2.23. The largest absolute Gasteiger partial charge is 0.458 e. The first-order valence-corrected chi connectivity index (χ1v) is 6.75. The zero-order valence-electron chi connectivity index (χ0n) is 11.3. The highest BCUT2D eigenvalue weighted by molar-refractivity contribution is 6.33. The van der Waals surface area contributed by atoms with Gasteiger partial charge in [0, 0.05) is 40.1 Å². The summed E-state index contributed by atoms with van der Waals surface area (Å²) in [6.07, 6.45) is -2.74. The van der Waals surface area contributed by atoms with Crippen LogP contribution in [0.15, 0.2) is 42.7 Å². The Balaban J connectivity index is 2.11. The molecule has 0 aliphatic rings. The maximum absolute atomic E-state index is 13.4. The number of nitrogens with one attached hydrogen (secondary N) is 1. The Morgan fingerprint density at radius 2 is 1.74 bits per heavy atom. The van der Waals surface area contributed by atoms with Crippen molar-refractivity contribution in [3.05, 3.63) is 53.3 Å². The van der Waals surface area contributed by atoms with Crippen molar-refractivity contribution in [3.63, 3.8) is 0 Å². The van der Waals surface area contributed by atoms with Gasteiger partial charge in [0.1, 0.15) is 0 Å². The number of nitrogens with zero attached hydrogens (tertiary/aromatic N) is 1. The molecule has 23 heavy (non-hydrogen) atoms. The summed E-state index contributed by atoms with van der Waals surface area (Å²) in [5.41, 5.74) is 0.389. The Kier molecular flexibility index (Phi) is 3.55. The molecule has 0 atom stereocenters. The van der Waals surface area contributed by atoms with Gasteiger partial charge in [0.2, 0.25) is 0 Å². The van der Waals surface area contributed by atoms with Crippen LogP contribution in [-0.4, -0.2) is 16.1 Å². The molecular weight excluding hydrogens is 339 g/mol. The molecule has 0 saturated carbocycles. The molecule has 3 rings (SSSR count). The molecule has 0 aliphatic carbocycles. The van der Waals surface area contributed by atoms with E-state index in [0.29, 0.717) is 21.8 Å². The molecular formula is C15H8ClF5N2. The highest BCUT2D eigenvalue weighted by Gasteiger charge is 2.58. The molecule has 2 nitrogen and oxygen atoms in total. The van der Waals surface area contributed by atoms with E-state index in [1.54, 1.807) is 6.07 Å². The van der Waals surface area contributed by atoms with Gasteiger partial charge in [-0.3, -0.25) is 4.98 Å². The van der Waals surface area contributed by atoms with Crippen LogP contribution in [0.3, 0.4) is 0 Å². The lowest BCUT2D eigenvalue weighted by Gasteiger charge is -2.19. The van der Waals surface area contributed by atoms with Gasteiger partial charge in [-0.1, -0.05) is 17.7 Å². The Bertz CT molecular complexity index is 870. The molecule has 0 bridgehead atoms. The highest BCUT2D eigenvalue weighted by Crippen LogP contribution is 2.44. The minimum Gasteiger partial charge on any atom is -0.354 e. The monoisotopic (exact) mass is 346 g/mol. The summed E-state index contributed by atoms with van der Waals surface area (Å²) in [4.78, 5) is 6.76. The van der Waals surface area contributed by atoms with E-state index in [2.05, 4.69) is 9.97 Å². The zero-order valence-corrected chi connectivity index (χ0v) is 12.0. The van der Waals surface area contributed by atoms with E-state index in [1.165, 1.54) is 24.5 Å². The van der Waals surface area contributed by atoms with Gasteiger partial charge in [-0.05, 0) is 24.3 Å². The summed E-state index contributed by atoms with van der Waals surface area (Å²) in [6.45, 7) is 0. The molecule has 3 aromatic rings. The van der Waals surface area contributed by atoms with Crippen molar-refractivity contribution in [3.8, 4) is 11.3 Å². The minimum atomic E-state index is -5.64. The summed E-state index contributed by atoms with van der Waals surface area (Å²) < 4.78 is 64.2. The first-order chi connectivity index (χ1) is 10.7. The topological polar surface area (TPSA) is 28.7 Å². The van der Waals surface area contributed by atoms with Crippen molar-refractivity contribution < 1.29 is 22.0 Å². The average Bonchev–Trinajstić information content (AvgIpc) is 2.89. The number of halogens is 6. The summed E-state index contributed by atoms with van der Waals surface area (Å²) in [5, 5.41) is 0.564. The number of hydrogen-bond acceptors (Lipinski definition) is 1. The van der Waals surface area contributed by atoms with Gasteiger partial charge in [-0.2, -0.15) is 22.0 Å². The van der Waals surface area contributed by atoms with Gasteiger partial charge in [0.25, 0.3) is 0 Å². The molecule has 1 N–H and O–H groups in total. The van der Waals surface area contributed by atoms with E-state index < -0.39 is 17.7 Å². The van der Waals surface area contributed by atoms with Crippen LogP contribution in [0.4, 0.5) is 22.0 Å². The van der Waals surface area contributed by atoms with Gasteiger partial charge in [-0.15, -0.1) is 0 Å². The molecule has 1 aromatic carbocycles. The smallest absolute Gasteiger partial charge is 0.354 e. The summed E-state index contributed by atoms with van der Waals surface area (Å²) in [7, 11) is 0. The average molecular weight is 347 g/mol. The SMILES string of the molecule is FC(F)(F)C(F)(F)c1ccc2[nH]c(-c3ccncc3Cl)cc2c1. The molecule has 2 heterocycles. The summed E-state index contributed by atoms with van der Waals surface area (Å²) >= 11 is 6.00. The lowest BCUT2D eigenvalue weighted by Crippen LogP contribution is -2.33. The first kappa shape index (κ1) is 15.7. The first-order valence-electron chi connectivity index (χ1n) is 6.38. The molecule has 2 aromatic heterocycles. The molecule has 0 saturated heterocycles. The Labute approximate surface area is 131 Å². The lowest BCUT2D eigenvalue weighted by atomic mass is 10.1. The van der Waals surface area contributed by atoms with Crippen molar-refractivity contribution >= 4 is 22.5 Å². The number of fused-ring (bicyclic) bond motifs is 1. The van der Waals surface area contributed by atoms with Crippen LogP contribution < -0.4 is 0 Å². The van der Waals surface area contributed by atoms with E-state index in [0.717, 1.165) is 12.1 Å². The number of hydrogen-bond donors (Lipinski definition) is 1. The molecule has 120 valence electrons. The van der Waals surface area contributed by atoms with E-state index in [-0.39, 0.29) is 5.39 Å². The van der Waals surface area contributed by atoms with Crippen molar-refractivity contribution in [1.82, 2.24) is 9.97 Å². The van der Waals surface area contributed by atoms with Crippen molar-refractivity contribution in [2.45, 2.75) is 12.1 Å². The van der Waals surface area contributed by atoms with Crippen LogP contribution in [0, 0.1) is 0 Å². The van der Waals surface area contributed by atoms with Crippen LogP contribution in [0.1, 0.15) is 5.56 Å². The van der Waals surface area contributed by atoms with Crippen molar-refractivity contribution in [2.75, 3.05) is 0 Å². The minimum absolute atomic E-state index is 0.231. The zero-order chi connectivity index (χ0) is 16.8. The van der Waals surface area contributed by atoms with E-state index in [1.807, 2.05) is 0 Å². The Morgan fingerprint density at radius 3 is 2.39 bits per heavy atom. The number of pyridine rings is 1. The number of rotatable bonds is 2. The number of aromatic nitrogens is 2. The van der Waals surface area contributed by atoms with Gasteiger partial charge in [0.05, 0.1) is 5.02 Å². The maximum Gasteiger partial charge on any atom is 0.458 e. The van der Waals surface area contributed by atoms with Gasteiger partial charge >= 0.3 is 12.1 Å². The third kappa shape index (κ3) is 2.65. The molecule has 0 spiro atoms. The van der Waals surface area contributed by atoms with Crippen LogP contribution in [0.5, 0.6) is 0 Å². The second kappa shape index (κ2) is 5.19. The Morgan fingerprint density at radius 1 is 1.00 bits per heavy atom.